The van der Waals surface area contributed by atoms with E-state index in [0.29, 0.717) is 18.7 Å². The number of benzene rings is 2. The van der Waals surface area contributed by atoms with Gasteiger partial charge in [0.05, 0.1) is 0 Å². The molecule has 1 aliphatic rings. The molecule has 2 aromatic rings. The summed E-state index contributed by atoms with van der Waals surface area (Å²) in [6.07, 6.45) is 1.64. The number of hydrogen-bond acceptors (Lipinski definition) is 3. The zero-order valence-corrected chi connectivity index (χ0v) is 14.9. The average Bonchev–Trinajstić information content (AvgIpc) is 2.61. The number of carbonyl (C=O) groups excluding carboxylic acids is 1. The minimum absolute atomic E-state index is 0.0485. The Morgan fingerprint density at radius 1 is 1.00 bits per heavy atom. The number of rotatable bonds is 3. The molecule has 0 N–H and O–H groups in total. The number of hydrogen-bond donors (Lipinski definition) is 0. The van der Waals surface area contributed by atoms with Crippen molar-refractivity contribution in [1.82, 2.24) is 4.90 Å². The van der Waals surface area contributed by atoms with E-state index in [4.69, 9.17) is 0 Å². The predicted octanol–water partition coefficient (Wildman–Crippen LogP) is 2.69. The topological polar surface area (TPSA) is 40.6 Å². The van der Waals surface area contributed by atoms with E-state index < -0.39 is 10.8 Å². The van der Waals surface area contributed by atoms with Crippen molar-refractivity contribution >= 4 is 22.4 Å². The van der Waals surface area contributed by atoms with E-state index in [2.05, 4.69) is 36.1 Å². The Morgan fingerprint density at radius 3 is 2.25 bits per heavy atom. The lowest BCUT2D eigenvalue weighted by atomic mass is 10.1. The molecule has 5 heteroatoms. The van der Waals surface area contributed by atoms with Gasteiger partial charge in [0.1, 0.15) is 0 Å². The predicted molar refractivity (Wildman–Crippen MR) is 98.1 cm³/mol. The lowest BCUT2D eigenvalue weighted by molar-refractivity contribution is 0.0746. The van der Waals surface area contributed by atoms with E-state index in [0.717, 1.165) is 18.0 Å². The third kappa shape index (κ3) is 3.67. The summed E-state index contributed by atoms with van der Waals surface area (Å²) in [7, 11) is -1.01. The van der Waals surface area contributed by atoms with Crippen molar-refractivity contribution in [2.24, 2.45) is 0 Å². The molecule has 1 amide bonds. The van der Waals surface area contributed by atoms with Crippen molar-refractivity contribution in [2.45, 2.75) is 11.8 Å². The second-order valence-electron chi connectivity index (χ2n) is 6.10. The Bertz CT molecular complexity index is 750. The standard InChI is InChI=1S/C19H22N2O2S/c1-15-4-3-5-17(14-15)20-10-12-21(13-11-20)19(22)16-6-8-18(9-7-16)24(2)23/h3-9,14H,10-13H2,1-2H3. The van der Waals surface area contributed by atoms with Crippen LogP contribution in [-0.4, -0.2) is 47.5 Å². The smallest absolute Gasteiger partial charge is 0.253 e. The van der Waals surface area contributed by atoms with E-state index in [1.54, 1.807) is 30.5 Å². The fourth-order valence-electron chi connectivity index (χ4n) is 2.96. The molecule has 0 spiro atoms. The van der Waals surface area contributed by atoms with E-state index in [1.165, 1.54) is 11.3 Å². The highest BCUT2D eigenvalue weighted by Gasteiger charge is 2.22. The van der Waals surface area contributed by atoms with Crippen LogP contribution in [-0.2, 0) is 10.8 Å². The number of anilines is 1. The first-order chi connectivity index (χ1) is 11.5. The van der Waals surface area contributed by atoms with Gasteiger partial charge < -0.3 is 9.80 Å². The Kier molecular flexibility index (Phi) is 5.00. The largest absolute Gasteiger partial charge is 0.368 e. The number of nitrogens with zero attached hydrogens (tertiary/aromatic N) is 2. The summed E-state index contributed by atoms with van der Waals surface area (Å²) in [6.45, 7) is 5.21. The first-order valence-electron chi connectivity index (χ1n) is 8.09. The van der Waals surface area contributed by atoms with Crippen molar-refractivity contribution in [3.8, 4) is 0 Å². The van der Waals surface area contributed by atoms with Gasteiger partial charge in [-0.25, -0.2) is 0 Å². The minimum atomic E-state index is -1.01. The highest BCUT2D eigenvalue weighted by atomic mass is 32.2. The second-order valence-corrected chi connectivity index (χ2v) is 7.48. The normalized spacial score (nSPS) is 16.1. The van der Waals surface area contributed by atoms with Gasteiger partial charge in [0.15, 0.2) is 0 Å². The van der Waals surface area contributed by atoms with Crippen molar-refractivity contribution in [3.63, 3.8) is 0 Å². The van der Waals surface area contributed by atoms with Crippen LogP contribution >= 0.6 is 0 Å². The van der Waals surface area contributed by atoms with Gasteiger partial charge in [-0.3, -0.25) is 9.00 Å². The van der Waals surface area contributed by atoms with Gasteiger partial charge >= 0.3 is 0 Å². The van der Waals surface area contributed by atoms with Crippen LogP contribution in [0.1, 0.15) is 15.9 Å². The molecule has 1 saturated heterocycles. The molecule has 1 atom stereocenters. The molecule has 4 nitrogen and oxygen atoms in total. The minimum Gasteiger partial charge on any atom is -0.368 e. The van der Waals surface area contributed by atoms with E-state index in [-0.39, 0.29) is 5.91 Å². The lowest BCUT2D eigenvalue weighted by Gasteiger charge is -2.36. The molecule has 1 aliphatic heterocycles. The molecule has 1 fully saturated rings. The summed E-state index contributed by atoms with van der Waals surface area (Å²) >= 11 is 0. The highest BCUT2D eigenvalue weighted by Crippen LogP contribution is 2.19. The van der Waals surface area contributed by atoms with Crippen LogP contribution in [0.5, 0.6) is 0 Å². The first-order valence-corrected chi connectivity index (χ1v) is 9.65. The Balaban J connectivity index is 1.63. The van der Waals surface area contributed by atoms with E-state index >= 15 is 0 Å². The number of piperazine rings is 1. The Hall–Kier alpha value is -2.14. The molecule has 126 valence electrons. The third-order valence-corrected chi connectivity index (χ3v) is 5.30. The molecule has 2 aromatic carbocycles. The van der Waals surface area contributed by atoms with Gasteiger partial charge in [-0.2, -0.15) is 0 Å². The average molecular weight is 342 g/mol. The summed E-state index contributed by atoms with van der Waals surface area (Å²) in [5.74, 6) is 0.0485. The van der Waals surface area contributed by atoms with Crippen molar-refractivity contribution in [1.29, 1.82) is 0 Å². The van der Waals surface area contributed by atoms with Crippen LogP contribution in [0.15, 0.2) is 53.4 Å². The zero-order valence-electron chi connectivity index (χ0n) is 14.1. The highest BCUT2D eigenvalue weighted by molar-refractivity contribution is 7.84. The lowest BCUT2D eigenvalue weighted by Crippen LogP contribution is -2.48. The molecule has 0 bridgehead atoms. The second kappa shape index (κ2) is 7.18. The zero-order chi connectivity index (χ0) is 17.1. The van der Waals surface area contributed by atoms with Crippen LogP contribution in [0.3, 0.4) is 0 Å². The van der Waals surface area contributed by atoms with E-state index in [1.807, 2.05) is 4.90 Å². The summed E-state index contributed by atoms with van der Waals surface area (Å²) in [5.41, 5.74) is 3.13. The van der Waals surface area contributed by atoms with Crippen molar-refractivity contribution < 1.29 is 9.00 Å². The molecule has 0 saturated carbocycles. The van der Waals surface area contributed by atoms with Gasteiger partial charge in [-0.05, 0) is 48.9 Å². The fourth-order valence-corrected chi connectivity index (χ4v) is 3.48. The van der Waals surface area contributed by atoms with Gasteiger partial charge in [0.2, 0.25) is 0 Å². The molecule has 0 aromatic heterocycles. The molecule has 24 heavy (non-hydrogen) atoms. The van der Waals surface area contributed by atoms with Crippen molar-refractivity contribution in [3.05, 3.63) is 59.7 Å². The molecule has 1 heterocycles. The van der Waals surface area contributed by atoms with Crippen LogP contribution in [0.4, 0.5) is 5.69 Å². The summed E-state index contributed by atoms with van der Waals surface area (Å²) in [6, 6.07) is 15.5. The maximum Gasteiger partial charge on any atom is 0.253 e. The first kappa shape index (κ1) is 16.7. The van der Waals surface area contributed by atoms with Gasteiger partial charge in [-0.15, -0.1) is 0 Å². The molecular formula is C19H22N2O2S. The summed E-state index contributed by atoms with van der Waals surface area (Å²) < 4.78 is 11.4. The Morgan fingerprint density at radius 2 is 1.67 bits per heavy atom. The van der Waals surface area contributed by atoms with Crippen LogP contribution in [0.25, 0.3) is 0 Å². The van der Waals surface area contributed by atoms with Gasteiger partial charge in [0.25, 0.3) is 5.91 Å². The van der Waals surface area contributed by atoms with E-state index in [9.17, 15) is 9.00 Å². The molecule has 3 rings (SSSR count). The van der Waals surface area contributed by atoms with Crippen LogP contribution < -0.4 is 4.90 Å². The summed E-state index contributed by atoms with van der Waals surface area (Å²) in [5, 5.41) is 0. The van der Waals surface area contributed by atoms with Crippen molar-refractivity contribution in [2.75, 3.05) is 37.3 Å². The van der Waals surface area contributed by atoms with Gasteiger partial charge in [-0.1, -0.05) is 12.1 Å². The molecule has 0 radical (unpaired) electrons. The number of carbonyl (C=O) groups is 1. The molecule has 0 aliphatic carbocycles. The van der Waals surface area contributed by atoms with Crippen LogP contribution in [0, 0.1) is 6.92 Å². The van der Waals surface area contributed by atoms with Gasteiger partial charge in [0, 0.05) is 59.4 Å². The Labute approximate surface area is 145 Å². The number of amides is 1. The monoisotopic (exact) mass is 342 g/mol. The van der Waals surface area contributed by atoms with Crippen LogP contribution in [0.2, 0.25) is 0 Å². The number of aryl methyl sites for hydroxylation is 1. The summed E-state index contributed by atoms with van der Waals surface area (Å²) in [4.78, 5) is 17.6. The SMILES string of the molecule is Cc1cccc(N2CCN(C(=O)c3ccc(S(C)=O)cc3)CC2)c1. The quantitative estimate of drug-likeness (QED) is 0.861. The third-order valence-electron chi connectivity index (χ3n) is 4.37. The maximum absolute atomic E-state index is 12.6. The maximum atomic E-state index is 12.6. The molecular weight excluding hydrogens is 320 g/mol. The molecule has 1 unspecified atom stereocenters. The fraction of sp³-hybridized carbons (Fsp3) is 0.316.